The van der Waals surface area contributed by atoms with Gasteiger partial charge in [-0.25, -0.2) is 19.6 Å². The Kier molecular flexibility index (Phi) is 5.87. The molecule has 10 nitrogen and oxygen atoms in total. The van der Waals surface area contributed by atoms with Gasteiger partial charge in [0.25, 0.3) is 5.91 Å². The molecule has 0 aliphatic carbocycles. The maximum Gasteiger partial charge on any atom is 0.261 e. The maximum absolute atomic E-state index is 13.4. The van der Waals surface area contributed by atoms with Crippen molar-refractivity contribution in [2.75, 3.05) is 12.4 Å². The second-order valence-corrected chi connectivity index (χ2v) is 9.03. The topological polar surface area (TPSA) is 121 Å². The van der Waals surface area contributed by atoms with Crippen LogP contribution in [0.5, 0.6) is 5.75 Å². The lowest BCUT2D eigenvalue weighted by Crippen LogP contribution is -2.15. The van der Waals surface area contributed by atoms with Gasteiger partial charge in [0.1, 0.15) is 26.9 Å². The molecule has 0 unspecified atom stereocenters. The Labute approximate surface area is 209 Å². The van der Waals surface area contributed by atoms with Crippen molar-refractivity contribution in [2.45, 2.75) is 13.8 Å². The van der Waals surface area contributed by atoms with E-state index in [1.807, 2.05) is 26.1 Å². The Hall–Kier alpha value is -3.96. The number of halogens is 1. The predicted molar refractivity (Wildman–Crippen MR) is 134 cm³/mol. The van der Waals surface area contributed by atoms with E-state index in [-0.39, 0.29) is 10.7 Å². The van der Waals surface area contributed by atoms with E-state index in [1.54, 1.807) is 43.2 Å². The summed E-state index contributed by atoms with van der Waals surface area (Å²) in [6.07, 6.45) is 3.20. The third-order valence-corrected chi connectivity index (χ3v) is 6.49. The molecule has 0 saturated carbocycles. The fourth-order valence-electron chi connectivity index (χ4n) is 3.80. The highest BCUT2D eigenvalue weighted by Crippen LogP contribution is 2.36. The number of carbonyl (C=O) groups excluding carboxylic acids is 1. The summed E-state index contributed by atoms with van der Waals surface area (Å²) in [5.41, 5.74) is 5.12. The summed E-state index contributed by atoms with van der Waals surface area (Å²) >= 11 is 7.71. The second-order valence-electron chi connectivity index (χ2n) is 7.69. The monoisotopic (exact) mass is 506 g/mol. The first-order valence-corrected chi connectivity index (χ1v) is 11.7. The van der Waals surface area contributed by atoms with Gasteiger partial charge in [0.15, 0.2) is 5.13 Å². The molecule has 5 heterocycles. The molecule has 0 saturated heterocycles. The highest BCUT2D eigenvalue weighted by molar-refractivity contribution is 7.22. The molecule has 5 aromatic heterocycles. The quantitative estimate of drug-likeness (QED) is 0.346. The van der Waals surface area contributed by atoms with Gasteiger partial charge in [-0.05, 0) is 38.1 Å². The first-order chi connectivity index (χ1) is 16.9. The Balaban J connectivity index is 1.52. The van der Waals surface area contributed by atoms with Gasteiger partial charge in [-0.3, -0.25) is 15.1 Å². The number of hydrogen-bond acceptors (Lipinski definition) is 9. The second kappa shape index (κ2) is 9.01. The zero-order valence-corrected chi connectivity index (χ0v) is 20.8. The largest absolute Gasteiger partial charge is 0.494 e. The van der Waals surface area contributed by atoms with E-state index < -0.39 is 5.91 Å². The summed E-state index contributed by atoms with van der Waals surface area (Å²) in [5, 5.41) is 11.4. The van der Waals surface area contributed by atoms with E-state index in [2.05, 4.69) is 30.6 Å². The number of rotatable bonds is 5. The fraction of sp³-hybridized carbons (Fsp3) is 0.174. The van der Waals surface area contributed by atoms with Crippen LogP contribution in [-0.2, 0) is 7.05 Å². The number of methoxy groups -OCH3 is 1. The summed E-state index contributed by atoms with van der Waals surface area (Å²) in [5.74, 6) is 0.0715. The van der Waals surface area contributed by atoms with E-state index >= 15 is 0 Å². The van der Waals surface area contributed by atoms with Crippen LogP contribution in [0, 0.1) is 13.8 Å². The summed E-state index contributed by atoms with van der Waals surface area (Å²) < 4.78 is 7.12. The van der Waals surface area contributed by atoms with Crippen LogP contribution in [0.1, 0.15) is 21.7 Å². The first kappa shape index (κ1) is 22.8. The molecule has 35 heavy (non-hydrogen) atoms. The lowest BCUT2D eigenvalue weighted by molar-refractivity contribution is 0.102. The van der Waals surface area contributed by atoms with E-state index in [0.29, 0.717) is 38.0 Å². The van der Waals surface area contributed by atoms with Crippen LogP contribution in [0.3, 0.4) is 0 Å². The number of amides is 1. The van der Waals surface area contributed by atoms with Gasteiger partial charge in [-0.2, -0.15) is 0 Å². The zero-order chi connectivity index (χ0) is 24.7. The Bertz CT molecular complexity index is 1580. The van der Waals surface area contributed by atoms with Gasteiger partial charge in [-0.15, -0.1) is 5.10 Å². The van der Waals surface area contributed by atoms with Gasteiger partial charge >= 0.3 is 0 Å². The van der Waals surface area contributed by atoms with Crippen LogP contribution in [-0.4, -0.2) is 47.9 Å². The highest BCUT2D eigenvalue weighted by atomic mass is 35.5. The molecule has 0 radical (unpaired) electrons. The molecular formula is C23H19ClN8O2S. The molecule has 0 bridgehead atoms. The highest BCUT2D eigenvalue weighted by Gasteiger charge is 2.23. The van der Waals surface area contributed by atoms with Gasteiger partial charge < -0.3 is 4.74 Å². The summed E-state index contributed by atoms with van der Waals surface area (Å²) in [4.78, 5) is 31.7. The molecule has 0 aromatic carbocycles. The van der Waals surface area contributed by atoms with E-state index in [9.17, 15) is 4.79 Å². The number of ether oxygens (including phenoxy) is 1. The number of aromatic nitrogens is 7. The molecule has 0 aliphatic heterocycles. The minimum atomic E-state index is -0.442. The van der Waals surface area contributed by atoms with Crippen LogP contribution < -0.4 is 10.1 Å². The third-order valence-electron chi connectivity index (χ3n) is 5.34. The molecule has 5 aromatic rings. The van der Waals surface area contributed by atoms with Crippen LogP contribution in [0.25, 0.3) is 32.9 Å². The van der Waals surface area contributed by atoms with Crippen molar-refractivity contribution < 1.29 is 9.53 Å². The summed E-state index contributed by atoms with van der Waals surface area (Å²) in [6, 6.07) is 7.26. The number of pyridine rings is 3. The summed E-state index contributed by atoms with van der Waals surface area (Å²) in [7, 11) is 3.36. The van der Waals surface area contributed by atoms with Gasteiger partial charge in [-0.1, -0.05) is 28.2 Å². The number of hydrogen-bond donors (Lipinski definition) is 1. The smallest absolute Gasteiger partial charge is 0.261 e. The minimum absolute atomic E-state index is 0.0806. The number of thiazole rings is 1. The lowest BCUT2D eigenvalue weighted by Gasteiger charge is -2.14. The molecule has 0 aliphatic rings. The van der Waals surface area contributed by atoms with Gasteiger partial charge in [0, 0.05) is 30.1 Å². The zero-order valence-electron chi connectivity index (χ0n) is 19.2. The van der Waals surface area contributed by atoms with Gasteiger partial charge in [0.05, 0.1) is 30.3 Å². The van der Waals surface area contributed by atoms with Crippen molar-refractivity contribution in [3.8, 4) is 28.3 Å². The molecule has 1 N–H and O–H groups in total. The fourth-order valence-corrected chi connectivity index (χ4v) is 4.96. The lowest BCUT2D eigenvalue weighted by atomic mass is 10.0. The molecule has 0 atom stereocenters. The van der Waals surface area contributed by atoms with Crippen LogP contribution >= 0.6 is 22.9 Å². The number of nitrogens with one attached hydrogen (secondary N) is 1. The molecule has 12 heteroatoms. The molecule has 176 valence electrons. The maximum atomic E-state index is 13.4. The van der Waals surface area contributed by atoms with Crippen molar-refractivity contribution in [3.63, 3.8) is 0 Å². The first-order valence-electron chi connectivity index (χ1n) is 10.5. The van der Waals surface area contributed by atoms with Crippen molar-refractivity contribution >= 4 is 44.3 Å². The number of aryl methyl sites for hydroxylation is 3. The minimum Gasteiger partial charge on any atom is -0.494 e. The average molecular weight is 507 g/mol. The Morgan fingerprint density at radius 1 is 1.14 bits per heavy atom. The van der Waals surface area contributed by atoms with Crippen LogP contribution in [0.15, 0.2) is 36.7 Å². The number of anilines is 1. The predicted octanol–water partition coefficient (Wildman–Crippen LogP) is 4.47. The Morgan fingerprint density at radius 3 is 2.71 bits per heavy atom. The molecule has 0 spiro atoms. The number of carbonyl (C=O) groups is 1. The van der Waals surface area contributed by atoms with E-state index in [1.165, 1.54) is 11.3 Å². The SMILES string of the molecule is COc1cnccc1-c1cc(C)nc(Cl)c1C(=O)Nc1nc2ccc(-c3c(C)nnn3C)nc2s1. The van der Waals surface area contributed by atoms with Crippen molar-refractivity contribution in [3.05, 3.63) is 58.8 Å². The molecular weight excluding hydrogens is 488 g/mol. The summed E-state index contributed by atoms with van der Waals surface area (Å²) in [6.45, 7) is 3.68. The van der Waals surface area contributed by atoms with Crippen molar-refractivity contribution in [2.24, 2.45) is 7.05 Å². The van der Waals surface area contributed by atoms with Crippen LogP contribution in [0.2, 0.25) is 5.15 Å². The van der Waals surface area contributed by atoms with Gasteiger partial charge in [0.2, 0.25) is 0 Å². The Morgan fingerprint density at radius 2 is 1.97 bits per heavy atom. The number of fused-ring (bicyclic) bond motifs is 1. The van der Waals surface area contributed by atoms with Crippen LogP contribution in [0.4, 0.5) is 5.13 Å². The standard InChI is InChI=1S/C23H19ClN8O2S/c1-11-9-14(13-7-8-25-10-17(13)34-4)18(20(24)26-11)21(33)29-23-28-16-6-5-15(27-22(16)35-23)19-12(2)30-31-32(19)3/h5-10H,1-4H3,(H,28,29,33). The third kappa shape index (κ3) is 4.19. The molecule has 1 amide bonds. The molecule has 0 fully saturated rings. The van der Waals surface area contributed by atoms with Crippen molar-refractivity contribution in [1.82, 2.24) is 34.9 Å². The van der Waals surface area contributed by atoms with E-state index in [4.69, 9.17) is 21.3 Å². The number of nitrogens with zero attached hydrogens (tertiary/aromatic N) is 7. The van der Waals surface area contributed by atoms with E-state index in [0.717, 1.165) is 17.1 Å². The molecule has 5 rings (SSSR count). The van der Waals surface area contributed by atoms with Crippen molar-refractivity contribution in [1.29, 1.82) is 0 Å². The normalized spacial score (nSPS) is 11.1. The average Bonchev–Trinajstić information content (AvgIpc) is 3.39.